The lowest BCUT2D eigenvalue weighted by Crippen LogP contribution is -2.32. The molecule has 1 unspecified atom stereocenters. The van der Waals surface area contributed by atoms with Crippen LogP contribution in [-0.2, 0) is 9.53 Å². The predicted molar refractivity (Wildman–Crippen MR) is 159 cm³/mol. The van der Waals surface area contributed by atoms with Crippen molar-refractivity contribution in [3.63, 3.8) is 0 Å². The Bertz CT molecular complexity index is 1710. The van der Waals surface area contributed by atoms with Gasteiger partial charge in [0, 0.05) is 30.7 Å². The summed E-state index contributed by atoms with van der Waals surface area (Å²) in [7, 11) is 2.17. The summed E-state index contributed by atoms with van der Waals surface area (Å²) in [6, 6.07) is 16.1. The van der Waals surface area contributed by atoms with Crippen LogP contribution in [0.5, 0.6) is 11.5 Å². The van der Waals surface area contributed by atoms with Gasteiger partial charge in [0.05, 0.1) is 29.8 Å². The molecule has 1 atom stereocenters. The van der Waals surface area contributed by atoms with Gasteiger partial charge >= 0.3 is 5.97 Å². The molecule has 0 saturated carbocycles. The van der Waals surface area contributed by atoms with Crippen molar-refractivity contribution >= 4 is 39.2 Å². The Balaban J connectivity index is 1.42. The van der Waals surface area contributed by atoms with Gasteiger partial charge in [-0.05, 0) is 63.4 Å². The highest BCUT2D eigenvalue weighted by Crippen LogP contribution is 2.46. The average molecular weight is 555 g/mol. The van der Waals surface area contributed by atoms with Gasteiger partial charge < -0.3 is 29.6 Å². The Morgan fingerprint density at radius 1 is 1.07 bits per heavy atom. The number of amides is 1. The standard InChI is InChI=1S/C32H34N4O5/c1-3-40-27(37)15-17-34-32(39)24-19-36-28-22-9-5-4-7-20(22)10-13-26(28)41-31-25(12-11-23(29(31)36)30(24)38)33-16-14-21-8-6-18-35(21)2/h4-5,7,9-13,19,21,33H,3,6,8,14-18H2,1-2H3,(H,34,39). The first-order valence-electron chi connectivity index (χ1n) is 14.3. The molecule has 1 aromatic heterocycles. The summed E-state index contributed by atoms with van der Waals surface area (Å²) in [5.41, 5.74) is 1.79. The minimum Gasteiger partial charge on any atom is -0.466 e. The fraction of sp³-hybridized carbons (Fsp3) is 0.344. The van der Waals surface area contributed by atoms with E-state index in [1.165, 1.54) is 12.8 Å². The highest BCUT2D eigenvalue weighted by Gasteiger charge is 2.28. The molecule has 0 bridgehead atoms. The Hall–Kier alpha value is -4.37. The molecule has 2 aliphatic heterocycles. The molecule has 1 fully saturated rings. The number of benzene rings is 3. The van der Waals surface area contributed by atoms with E-state index in [0.717, 1.165) is 41.7 Å². The van der Waals surface area contributed by atoms with Crippen molar-refractivity contribution in [1.82, 2.24) is 14.8 Å². The molecule has 4 aromatic rings. The molecule has 9 heteroatoms. The molecule has 0 spiro atoms. The van der Waals surface area contributed by atoms with Gasteiger partial charge in [0.25, 0.3) is 5.91 Å². The van der Waals surface area contributed by atoms with Crippen LogP contribution >= 0.6 is 0 Å². The molecule has 1 amide bonds. The molecule has 3 aromatic carbocycles. The van der Waals surface area contributed by atoms with Gasteiger partial charge in [-0.2, -0.15) is 0 Å². The number of carbonyl (C=O) groups excluding carboxylic acids is 2. The number of anilines is 1. The molecule has 0 aliphatic carbocycles. The average Bonchev–Trinajstić information content (AvgIpc) is 3.39. The van der Waals surface area contributed by atoms with Crippen molar-refractivity contribution < 1.29 is 19.1 Å². The lowest BCUT2D eigenvalue weighted by molar-refractivity contribution is -0.142. The van der Waals surface area contributed by atoms with Gasteiger partial charge in [-0.1, -0.05) is 30.3 Å². The number of hydrogen-bond donors (Lipinski definition) is 2. The minimum atomic E-state index is -0.539. The van der Waals surface area contributed by atoms with Crippen LogP contribution in [0.2, 0.25) is 0 Å². The third kappa shape index (κ3) is 5.02. The first-order valence-corrected chi connectivity index (χ1v) is 14.3. The molecule has 2 aliphatic rings. The number of nitrogens with one attached hydrogen (secondary N) is 2. The number of rotatable bonds is 9. The highest BCUT2D eigenvalue weighted by molar-refractivity contribution is 6.03. The van der Waals surface area contributed by atoms with Gasteiger partial charge in [0.1, 0.15) is 11.1 Å². The summed E-state index contributed by atoms with van der Waals surface area (Å²) in [4.78, 5) is 41.1. The van der Waals surface area contributed by atoms with E-state index in [2.05, 4.69) is 22.6 Å². The van der Waals surface area contributed by atoms with E-state index < -0.39 is 17.3 Å². The summed E-state index contributed by atoms with van der Waals surface area (Å²) in [6.45, 7) is 3.97. The molecular weight excluding hydrogens is 520 g/mol. The summed E-state index contributed by atoms with van der Waals surface area (Å²) in [6.07, 6.45) is 5.05. The number of pyridine rings is 1. The first-order chi connectivity index (χ1) is 20.0. The number of carbonyl (C=O) groups is 2. The maximum Gasteiger partial charge on any atom is 0.307 e. The molecule has 2 N–H and O–H groups in total. The molecular formula is C32H34N4O5. The van der Waals surface area contributed by atoms with Crippen LogP contribution in [0.15, 0.2) is 59.5 Å². The normalized spacial score (nSPS) is 15.9. The number of aromatic nitrogens is 1. The smallest absolute Gasteiger partial charge is 0.307 e. The zero-order valence-corrected chi connectivity index (χ0v) is 23.4. The van der Waals surface area contributed by atoms with Crippen LogP contribution in [0.3, 0.4) is 0 Å². The SMILES string of the molecule is CCOC(=O)CCNC(=O)c1cn2c3c(c(NCCC4CCCN4C)ccc3c1=O)Oc1ccc3ccccc3c1-2. The topological polar surface area (TPSA) is 102 Å². The Kier molecular flexibility index (Phi) is 7.36. The quantitative estimate of drug-likeness (QED) is 0.252. The second-order valence-electron chi connectivity index (χ2n) is 10.6. The molecule has 3 heterocycles. The number of nitrogens with zero attached hydrogens (tertiary/aromatic N) is 2. The van der Waals surface area contributed by atoms with Gasteiger partial charge in [0.15, 0.2) is 11.5 Å². The van der Waals surface area contributed by atoms with Crippen LogP contribution in [0.25, 0.3) is 27.4 Å². The second-order valence-corrected chi connectivity index (χ2v) is 10.6. The van der Waals surface area contributed by atoms with Crippen molar-refractivity contribution in [3.05, 3.63) is 70.5 Å². The lowest BCUT2D eigenvalue weighted by atomic mass is 10.0. The Morgan fingerprint density at radius 3 is 2.73 bits per heavy atom. The van der Waals surface area contributed by atoms with Crippen LogP contribution in [0.1, 0.15) is 43.0 Å². The van der Waals surface area contributed by atoms with Crippen LogP contribution < -0.4 is 20.8 Å². The van der Waals surface area contributed by atoms with E-state index in [1.54, 1.807) is 19.2 Å². The molecule has 9 nitrogen and oxygen atoms in total. The minimum absolute atomic E-state index is 0.00178. The third-order valence-electron chi connectivity index (χ3n) is 8.07. The zero-order valence-electron chi connectivity index (χ0n) is 23.4. The fourth-order valence-corrected chi connectivity index (χ4v) is 5.97. The van der Waals surface area contributed by atoms with Crippen LogP contribution in [-0.4, -0.2) is 60.7 Å². The van der Waals surface area contributed by atoms with E-state index in [1.807, 2.05) is 47.0 Å². The maximum atomic E-state index is 13.7. The molecule has 212 valence electrons. The van der Waals surface area contributed by atoms with E-state index in [4.69, 9.17) is 9.47 Å². The summed E-state index contributed by atoms with van der Waals surface area (Å²) < 4.78 is 13.4. The second kappa shape index (κ2) is 11.2. The molecule has 41 heavy (non-hydrogen) atoms. The highest BCUT2D eigenvalue weighted by atomic mass is 16.5. The number of hydrogen-bond acceptors (Lipinski definition) is 7. The molecule has 6 rings (SSSR count). The van der Waals surface area contributed by atoms with E-state index in [9.17, 15) is 14.4 Å². The van der Waals surface area contributed by atoms with Gasteiger partial charge in [0.2, 0.25) is 5.43 Å². The number of fused-ring (bicyclic) bond motifs is 4. The van der Waals surface area contributed by atoms with Crippen molar-refractivity contribution in [2.75, 3.05) is 38.6 Å². The molecule has 0 radical (unpaired) electrons. The predicted octanol–water partition coefficient (Wildman–Crippen LogP) is 4.83. The largest absolute Gasteiger partial charge is 0.466 e. The Morgan fingerprint density at radius 2 is 1.93 bits per heavy atom. The Labute approximate surface area is 238 Å². The lowest BCUT2D eigenvalue weighted by Gasteiger charge is -2.27. The first kappa shape index (κ1) is 26.8. The van der Waals surface area contributed by atoms with Crippen LogP contribution in [0.4, 0.5) is 5.69 Å². The summed E-state index contributed by atoms with van der Waals surface area (Å²) in [5.74, 6) is 0.263. The van der Waals surface area contributed by atoms with Crippen molar-refractivity contribution in [3.8, 4) is 17.2 Å². The van der Waals surface area contributed by atoms with Gasteiger partial charge in [-0.3, -0.25) is 14.4 Å². The van der Waals surface area contributed by atoms with Gasteiger partial charge in [-0.25, -0.2) is 0 Å². The third-order valence-corrected chi connectivity index (χ3v) is 8.07. The summed E-state index contributed by atoms with van der Waals surface area (Å²) in [5, 5.41) is 8.60. The maximum absolute atomic E-state index is 13.7. The number of esters is 1. The summed E-state index contributed by atoms with van der Waals surface area (Å²) >= 11 is 0. The van der Waals surface area contributed by atoms with E-state index >= 15 is 0 Å². The fourth-order valence-electron chi connectivity index (χ4n) is 5.97. The number of ether oxygens (including phenoxy) is 2. The molecule has 1 saturated heterocycles. The van der Waals surface area contributed by atoms with Crippen molar-refractivity contribution in [1.29, 1.82) is 0 Å². The monoisotopic (exact) mass is 554 g/mol. The number of likely N-dealkylation sites (tertiary alicyclic amines) is 1. The van der Waals surface area contributed by atoms with E-state index in [-0.39, 0.29) is 25.1 Å². The van der Waals surface area contributed by atoms with Crippen molar-refractivity contribution in [2.45, 2.75) is 38.6 Å². The zero-order chi connectivity index (χ0) is 28.5. The van der Waals surface area contributed by atoms with Crippen molar-refractivity contribution in [2.24, 2.45) is 0 Å². The van der Waals surface area contributed by atoms with Gasteiger partial charge in [-0.15, -0.1) is 0 Å². The van der Waals surface area contributed by atoms with Crippen LogP contribution in [0, 0.1) is 0 Å². The van der Waals surface area contributed by atoms with E-state index in [0.29, 0.717) is 28.4 Å².